The van der Waals surface area contributed by atoms with Crippen molar-refractivity contribution in [2.75, 3.05) is 13.2 Å². The SMILES string of the molecule is CC/C=C\C/C=C\C/C=C\CCCCCCCCCC(=O)OCC(COC(=O)CCCCCCCCCCCCCCC/C=C\C/C=C\CCCCCCC)OC(=O)CCCCCCCCCCC/C=C\CCCCCCCCCC. The lowest BCUT2D eigenvalue weighted by molar-refractivity contribution is -0.167. The van der Waals surface area contributed by atoms with Gasteiger partial charge in [-0.2, -0.15) is 0 Å². The predicted molar refractivity (Wildman–Crippen MR) is 353 cm³/mol. The van der Waals surface area contributed by atoms with Gasteiger partial charge in [-0.15, -0.1) is 0 Å². The molecule has 0 aliphatic rings. The third kappa shape index (κ3) is 67.5. The van der Waals surface area contributed by atoms with Gasteiger partial charge in [-0.1, -0.05) is 312 Å². The van der Waals surface area contributed by atoms with Crippen LogP contribution in [0.15, 0.2) is 72.9 Å². The standard InChI is InChI=1S/C75H134O6/c1-4-7-10-13-16-19-22-25-28-31-33-35-36-37-38-40-41-44-47-50-53-56-59-62-65-68-74(77)80-71-72(70-79-73(76)67-64-61-58-55-52-49-46-43-30-27-24-21-18-15-12-9-6-3)81-75(78)69-66-63-60-57-54-51-48-45-42-39-34-32-29-26-23-20-17-14-11-8-5-2/h9,12,18,21-22,25,27,30-34,72H,4-8,10-11,13-17,19-20,23-24,26,28-29,35-71H2,1-3H3/b12-9-,21-18-,25-22-,30-27-,33-31-,34-32-. The van der Waals surface area contributed by atoms with Gasteiger partial charge in [0.15, 0.2) is 6.10 Å². The Morgan fingerprint density at radius 1 is 0.259 bits per heavy atom. The first kappa shape index (κ1) is 77.9. The molecule has 81 heavy (non-hydrogen) atoms. The molecule has 0 radical (unpaired) electrons. The number of rotatable bonds is 65. The van der Waals surface area contributed by atoms with Crippen molar-refractivity contribution in [3.63, 3.8) is 0 Å². The molecule has 6 heteroatoms. The fourth-order valence-corrected chi connectivity index (χ4v) is 10.4. The van der Waals surface area contributed by atoms with Crippen LogP contribution < -0.4 is 0 Å². The largest absolute Gasteiger partial charge is 0.462 e. The average Bonchev–Trinajstić information content (AvgIpc) is 3.47. The van der Waals surface area contributed by atoms with E-state index < -0.39 is 6.10 Å². The number of allylic oxidation sites excluding steroid dienone is 12. The summed E-state index contributed by atoms with van der Waals surface area (Å²) in [7, 11) is 0. The number of carbonyl (C=O) groups excluding carboxylic acids is 3. The van der Waals surface area contributed by atoms with Crippen LogP contribution in [0.5, 0.6) is 0 Å². The first-order chi connectivity index (χ1) is 40.0. The summed E-state index contributed by atoms with van der Waals surface area (Å²) in [6.45, 7) is 6.57. The van der Waals surface area contributed by atoms with Crippen molar-refractivity contribution in [3.8, 4) is 0 Å². The zero-order chi connectivity index (χ0) is 58.5. The lowest BCUT2D eigenvalue weighted by Gasteiger charge is -2.18. The highest BCUT2D eigenvalue weighted by Gasteiger charge is 2.19. The highest BCUT2D eigenvalue weighted by Crippen LogP contribution is 2.17. The molecule has 0 heterocycles. The molecule has 0 bridgehead atoms. The summed E-state index contributed by atoms with van der Waals surface area (Å²) in [5.41, 5.74) is 0. The van der Waals surface area contributed by atoms with E-state index in [1.54, 1.807) is 0 Å². The molecular weight excluding hydrogens is 997 g/mol. The summed E-state index contributed by atoms with van der Waals surface area (Å²) in [5, 5.41) is 0. The Morgan fingerprint density at radius 3 is 0.765 bits per heavy atom. The molecule has 0 aromatic carbocycles. The summed E-state index contributed by atoms with van der Waals surface area (Å²) in [5.74, 6) is -0.869. The van der Waals surface area contributed by atoms with Crippen molar-refractivity contribution in [1.29, 1.82) is 0 Å². The van der Waals surface area contributed by atoms with E-state index in [9.17, 15) is 14.4 Å². The summed E-state index contributed by atoms with van der Waals surface area (Å²) in [4.78, 5) is 38.5. The van der Waals surface area contributed by atoms with Crippen LogP contribution in [-0.2, 0) is 28.6 Å². The number of hydrogen-bond donors (Lipinski definition) is 0. The number of unbranched alkanes of at least 4 members (excludes halogenated alkanes) is 42. The van der Waals surface area contributed by atoms with E-state index >= 15 is 0 Å². The molecule has 0 spiro atoms. The Balaban J connectivity index is 4.33. The first-order valence-electron chi connectivity index (χ1n) is 35.4. The lowest BCUT2D eigenvalue weighted by Crippen LogP contribution is -2.30. The minimum absolute atomic E-state index is 0.0774. The van der Waals surface area contributed by atoms with Crippen molar-refractivity contribution in [3.05, 3.63) is 72.9 Å². The van der Waals surface area contributed by atoms with Crippen molar-refractivity contribution in [1.82, 2.24) is 0 Å². The summed E-state index contributed by atoms with van der Waals surface area (Å²) in [6.07, 6.45) is 90.7. The third-order valence-electron chi connectivity index (χ3n) is 15.7. The number of hydrogen-bond acceptors (Lipinski definition) is 6. The van der Waals surface area contributed by atoms with E-state index in [4.69, 9.17) is 14.2 Å². The van der Waals surface area contributed by atoms with E-state index in [1.165, 1.54) is 238 Å². The molecular formula is C75H134O6. The van der Waals surface area contributed by atoms with Gasteiger partial charge in [-0.3, -0.25) is 14.4 Å². The Morgan fingerprint density at radius 2 is 0.481 bits per heavy atom. The number of carbonyl (C=O) groups is 3. The molecule has 0 aliphatic heterocycles. The van der Waals surface area contributed by atoms with E-state index in [0.29, 0.717) is 19.3 Å². The van der Waals surface area contributed by atoms with Gasteiger partial charge in [-0.25, -0.2) is 0 Å². The molecule has 0 aromatic rings. The van der Waals surface area contributed by atoms with Crippen molar-refractivity contribution >= 4 is 17.9 Å². The molecule has 1 unspecified atom stereocenters. The van der Waals surface area contributed by atoms with Crippen molar-refractivity contribution < 1.29 is 28.6 Å². The zero-order valence-electron chi connectivity index (χ0n) is 54.1. The maximum Gasteiger partial charge on any atom is 0.306 e. The highest BCUT2D eigenvalue weighted by molar-refractivity contribution is 5.71. The Bertz CT molecular complexity index is 1490. The molecule has 0 N–H and O–H groups in total. The van der Waals surface area contributed by atoms with Crippen molar-refractivity contribution in [2.24, 2.45) is 0 Å². The molecule has 0 saturated heterocycles. The average molecular weight is 1130 g/mol. The van der Waals surface area contributed by atoms with Crippen LogP contribution in [0, 0.1) is 0 Å². The van der Waals surface area contributed by atoms with Crippen LogP contribution >= 0.6 is 0 Å². The second-order valence-corrected chi connectivity index (χ2v) is 23.8. The molecule has 1 atom stereocenters. The third-order valence-corrected chi connectivity index (χ3v) is 15.7. The summed E-state index contributed by atoms with van der Waals surface area (Å²) >= 11 is 0. The highest BCUT2D eigenvalue weighted by atomic mass is 16.6. The van der Waals surface area contributed by atoms with Crippen molar-refractivity contribution in [2.45, 2.75) is 374 Å². The van der Waals surface area contributed by atoms with Crippen LogP contribution in [0.3, 0.4) is 0 Å². The second kappa shape index (κ2) is 69.3. The van der Waals surface area contributed by atoms with E-state index in [1.807, 2.05) is 0 Å². The monoisotopic (exact) mass is 1130 g/mol. The van der Waals surface area contributed by atoms with Gasteiger partial charge < -0.3 is 14.2 Å². The molecule has 0 amide bonds. The topological polar surface area (TPSA) is 78.9 Å². The molecule has 0 rings (SSSR count). The van der Waals surface area contributed by atoms with E-state index in [0.717, 1.165) is 89.9 Å². The van der Waals surface area contributed by atoms with Crippen LogP contribution in [0.4, 0.5) is 0 Å². The quantitative estimate of drug-likeness (QED) is 0.0261. The minimum atomic E-state index is -0.783. The van der Waals surface area contributed by atoms with Crippen LogP contribution in [0.25, 0.3) is 0 Å². The molecule has 470 valence electrons. The number of ether oxygens (including phenoxy) is 3. The van der Waals surface area contributed by atoms with Gasteiger partial charge >= 0.3 is 17.9 Å². The fourth-order valence-electron chi connectivity index (χ4n) is 10.4. The zero-order valence-corrected chi connectivity index (χ0v) is 54.1. The van der Waals surface area contributed by atoms with Gasteiger partial charge in [0.05, 0.1) is 0 Å². The van der Waals surface area contributed by atoms with Gasteiger partial charge in [0, 0.05) is 19.3 Å². The first-order valence-corrected chi connectivity index (χ1v) is 35.4. The second-order valence-electron chi connectivity index (χ2n) is 23.8. The molecule has 0 saturated carbocycles. The molecule has 0 aliphatic carbocycles. The summed E-state index contributed by atoms with van der Waals surface area (Å²) < 4.78 is 17.0. The maximum absolute atomic E-state index is 13.0. The molecule has 0 fully saturated rings. The Labute approximate surface area is 503 Å². The lowest BCUT2D eigenvalue weighted by atomic mass is 10.0. The Hall–Kier alpha value is -3.15. The van der Waals surface area contributed by atoms with Gasteiger partial charge in [0.2, 0.25) is 0 Å². The number of esters is 3. The maximum atomic E-state index is 13.0. The van der Waals surface area contributed by atoms with Crippen LogP contribution in [0.1, 0.15) is 367 Å². The molecule has 0 aromatic heterocycles. The normalized spacial score (nSPS) is 12.5. The van der Waals surface area contributed by atoms with E-state index in [2.05, 4.69) is 93.7 Å². The molecule has 6 nitrogen and oxygen atoms in total. The van der Waals surface area contributed by atoms with E-state index in [-0.39, 0.29) is 31.1 Å². The van der Waals surface area contributed by atoms with Gasteiger partial charge in [0.25, 0.3) is 0 Å². The Kier molecular flexibility index (Phi) is 66.6. The van der Waals surface area contributed by atoms with Gasteiger partial charge in [0.1, 0.15) is 13.2 Å². The van der Waals surface area contributed by atoms with Crippen LogP contribution in [-0.4, -0.2) is 37.2 Å². The van der Waals surface area contributed by atoms with Crippen LogP contribution in [0.2, 0.25) is 0 Å². The fraction of sp³-hybridized carbons (Fsp3) is 0.800. The minimum Gasteiger partial charge on any atom is -0.462 e. The predicted octanol–water partition coefficient (Wildman–Crippen LogP) is 24.4. The van der Waals surface area contributed by atoms with Gasteiger partial charge in [-0.05, 0) is 109 Å². The smallest absolute Gasteiger partial charge is 0.306 e. The summed E-state index contributed by atoms with van der Waals surface area (Å²) in [6, 6.07) is 0.